The van der Waals surface area contributed by atoms with Crippen molar-refractivity contribution < 1.29 is 22.7 Å². The van der Waals surface area contributed by atoms with Crippen molar-refractivity contribution in [2.45, 2.75) is 45.8 Å². The summed E-state index contributed by atoms with van der Waals surface area (Å²) >= 11 is 6.05. The molecule has 0 aliphatic heterocycles. The van der Waals surface area contributed by atoms with Gasteiger partial charge in [-0.25, -0.2) is 8.42 Å². The number of benzene rings is 2. The van der Waals surface area contributed by atoms with Gasteiger partial charge in [0.05, 0.1) is 19.1 Å². The molecule has 0 spiro atoms. The Morgan fingerprint density at radius 3 is 2.32 bits per heavy atom. The Kier molecular flexibility index (Phi) is 8.96. The van der Waals surface area contributed by atoms with Crippen LogP contribution in [0.5, 0.6) is 5.75 Å². The predicted octanol–water partition coefficient (Wildman–Crippen LogP) is 3.45. The number of sulfonamides is 1. The Labute approximate surface area is 206 Å². The fraction of sp³-hybridized carbons (Fsp3) is 0.417. The van der Waals surface area contributed by atoms with Gasteiger partial charge in [-0.15, -0.1) is 0 Å². The molecule has 0 aliphatic carbocycles. The quantitative estimate of drug-likeness (QED) is 0.558. The lowest BCUT2D eigenvalue weighted by atomic mass is 10.1. The van der Waals surface area contributed by atoms with Crippen LogP contribution >= 0.6 is 11.6 Å². The smallest absolute Gasteiger partial charge is 0.244 e. The molecule has 0 radical (unpaired) electrons. The van der Waals surface area contributed by atoms with Crippen molar-refractivity contribution in [3.63, 3.8) is 0 Å². The topological polar surface area (TPSA) is 96.0 Å². The number of halogens is 1. The highest BCUT2D eigenvalue weighted by molar-refractivity contribution is 7.92. The molecule has 1 atom stereocenters. The van der Waals surface area contributed by atoms with Gasteiger partial charge < -0.3 is 15.0 Å². The SMILES string of the molecule is COc1cccc(CN(C(=O)CN(c2cccc(Cl)c2)S(C)(=O)=O)[C@H](C)C(=O)NC(C)(C)C)c1. The van der Waals surface area contributed by atoms with Crippen molar-refractivity contribution in [3.8, 4) is 5.75 Å². The summed E-state index contributed by atoms with van der Waals surface area (Å²) in [6.07, 6.45) is 1.02. The number of nitrogens with one attached hydrogen (secondary N) is 1. The zero-order valence-corrected chi connectivity index (χ0v) is 21.9. The average molecular weight is 510 g/mol. The second kappa shape index (κ2) is 11.1. The first-order valence-electron chi connectivity index (χ1n) is 10.7. The lowest BCUT2D eigenvalue weighted by Gasteiger charge is -2.33. The van der Waals surface area contributed by atoms with E-state index in [4.69, 9.17) is 16.3 Å². The summed E-state index contributed by atoms with van der Waals surface area (Å²) in [6.45, 7) is 6.74. The van der Waals surface area contributed by atoms with E-state index in [9.17, 15) is 18.0 Å². The van der Waals surface area contributed by atoms with E-state index in [-0.39, 0.29) is 18.1 Å². The number of anilines is 1. The van der Waals surface area contributed by atoms with Crippen LogP contribution in [0.3, 0.4) is 0 Å². The summed E-state index contributed by atoms with van der Waals surface area (Å²) < 4.78 is 31.3. The molecule has 0 aliphatic rings. The van der Waals surface area contributed by atoms with Gasteiger partial charge in [0.25, 0.3) is 0 Å². The summed E-state index contributed by atoms with van der Waals surface area (Å²) in [5, 5.41) is 3.22. The molecule has 34 heavy (non-hydrogen) atoms. The molecule has 2 aromatic rings. The first-order valence-corrected chi connectivity index (χ1v) is 12.9. The number of nitrogens with zero attached hydrogens (tertiary/aromatic N) is 2. The molecule has 186 valence electrons. The van der Waals surface area contributed by atoms with Crippen molar-refractivity contribution in [2.75, 3.05) is 24.2 Å². The molecule has 2 rings (SSSR count). The van der Waals surface area contributed by atoms with E-state index in [2.05, 4.69) is 5.32 Å². The van der Waals surface area contributed by atoms with E-state index in [0.29, 0.717) is 10.8 Å². The summed E-state index contributed by atoms with van der Waals surface area (Å²) in [4.78, 5) is 27.8. The van der Waals surface area contributed by atoms with Crippen LogP contribution in [-0.2, 0) is 26.2 Å². The summed E-state index contributed by atoms with van der Waals surface area (Å²) in [5.74, 6) is -0.282. The Morgan fingerprint density at radius 2 is 1.76 bits per heavy atom. The average Bonchev–Trinajstić information content (AvgIpc) is 2.73. The molecule has 1 N–H and O–H groups in total. The molecule has 0 bridgehead atoms. The van der Waals surface area contributed by atoms with Gasteiger partial charge in [0, 0.05) is 17.1 Å². The van der Waals surface area contributed by atoms with Crippen molar-refractivity contribution in [1.82, 2.24) is 10.2 Å². The largest absolute Gasteiger partial charge is 0.497 e. The molecule has 0 heterocycles. The first-order chi connectivity index (χ1) is 15.7. The Bertz CT molecular complexity index is 1130. The highest BCUT2D eigenvalue weighted by Crippen LogP contribution is 2.23. The molecule has 10 heteroatoms. The van der Waals surface area contributed by atoms with Crippen LogP contribution in [0.2, 0.25) is 5.02 Å². The minimum absolute atomic E-state index is 0.0852. The predicted molar refractivity (Wildman–Crippen MR) is 135 cm³/mol. The zero-order valence-electron chi connectivity index (χ0n) is 20.3. The van der Waals surface area contributed by atoms with Gasteiger partial charge >= 0.3 is 0 Å². The molecule has 2 amide bonds. The van der Waals surface area contributed by atoms with Crippen LogP contribution in [0.4, 0.5) is 5.69 Å². The van der Waals surface area contributed by atoms with E-state index in [1.54, 1.807) is 43.3 Å². The normalized spacial score (nSPS) is 12.6. The third kappa shape index (κ3) is 7.92. The molecule has 8 nitrogen and oxygen atoms in total. The van der Waals surface area contributed by atoms with Gasteiger partial charge in [0.1, 0.15) is 18.3 Å². The lowest BCUT2D eigenvalue weighted by molar-refractivity contribution is -0.140. The maximum Gasteiger partial charge on any atom is 0.244 e. The second-order valence-corrected chi connectivity index (χ2v) is 11.4. The van der Waals surface area contributed by atoms with E-state index in [0.717, 1.165) is 16.1 Å². The number of carbonyl (C=O) groups excluding carboxylic acids is 2. The Morgan fingerprint density at radius 1 is 1.12 bits per heavy atom. The number of carbonyl (C=O) groups is 2. The van der Waals surface area contributed by atoms with Gasteiger partial charge in [-0.3, -0.25) is 13.9 Å². The summed E-state index contributed by atoms with van der Waals surface area (Å²) in [5.41, 5.74) is 0.489. The first kappa shape index (κ1) is 27.5. The molecular weight excluding hydrogens is 478 g/mol. The molecule has 0 saturated carbocycles. The third-order valence-corrected chi connectivity index (χ3v) is 6.30. The number of rotatable bonds is 9. The van der Waals surface area contributed by atoms with Crippen molar-refractivity contribution in [1.29, 1.82) is 0 Å². The number of methoxy groups -OCH3 is 1. The molecule has 2 aromatic carbocycles. The Balaban J connectivity index is 2.42. The minimum Gasteiger partial charge on any atom is -0.497 e. The van der Waals surface area contributed by atoms with Crippen molar-refractivity contribution in [3.05, 3.63) is 59.1 Å². The van der Waals surface area contributed by atoms with Gasteiger partial charge in [-0.1, -0.05) is 29.8 Å². The fourth-order valence-electron chi connectivity index (χ4n) is 3.27. The zero-order chi connectivity index (χ0) is 25.7. The highest BCUT2D eigenvalue weighted by atomic mass is 35.5. The fourth-order valence-corrected chi connectivity index (χ4v) is 4.30. The van der Waals surface area contributed by atoms with Crippen LogP contribution in [-0.4, -0.2) is 56.6 Å². The van der Waals surface area contributed by atoms with Gasteiger partial charge in [-0.2, -0.15) is 0 Å². The maximum atomic E-state index is 13.5. The van der Waals surface area contributed by atoms with E-state index in [1.807, 2.05) is 26.8 Å². The van der Waals surface area contributed by atoms with Crippen molar-refractivity contribution in [2.24, 2.45) is 0 Å². The summed E-state index contributed by atoms with van der Waals surface area (Å²) in [7, 11) is -2.28. The van der Waals surface area contributed by atoms with E-state index in [1.165, 1.54) is 18.1 Å². The summed E-state index contributed by atoms with van der Waals surface area (Å²) in [6, 6.07) is 12.5. The molecule has 0 fully saturated rings. The number of amides is 2. The van der Waals surface area contributed by atoms with Gasteiger partial charge in [0.2, 0.25) is 21.8 Å². The van der Waals surface area contributed by atoms with E-state index < -0.39 is 34.1 Å². The number of hydrogen-bond acceptors (Lipinski definition) is 5. The Hall–Kier alpha value is -2.78. The number of ether oxygens (including phenoxy) is 1. The van der Waals surface area contributed by atoms with Crippen LogP contribution in [0.25, 0.3) is 0 Å². The minimum atomic E-state index is -3.81. The van der Waals surface area contributed by atoms with Crippen LogP contribution < -0.4 is 14.4 Å². The maximum absolute atomic E-state index is 13.5. The molecule has 0 saturated heterocycles. The second-order valence-electron chi connectivity index (χ2n) is 9.04. The lowest BCUT2D eigenvalue weighted by Crippen LogP contribution is -2.54. The van der Waals surface area contributed by atoms with E-state index >= 15 is 0 Å². The standard InChI is InChI=1S/C24H32ClN3O5S/c1-17(23(30)26-24(2,3)4)27(15-18-9-7-12-21(13-18)33-5)22(29)16-28(34(6,31)32)20-11-8-10-19(25)14-20/h7-14,17H,15-16H2,1-6H3,(H,26,30)/t17-/m1/s1. The molecular formula is C24H32ClN3O5S. The van der Waals surface area contributed by atoms with Gasteiger partial charge in [0.15, 0.2) is 0 Å². The van der Waals surface area contributed by atoms with Crippen LogP contribution in [0.1, 0.15) is 33.3 Å². The van der Waals surface area contributed by atoms with Gasteiger partial charge in [-0.05, 0) is 63.6 Å². The van der Waals surface area contributed by atoms with Crippen LogP contribution in [0.15, 0.2) is 48.5 Å². The molecule has 0 aromatic heterocycles. The highest BCUT2D eigenvalue weighted by Gasteiger charge is 2.31. The third-order valence-electron chi connectivity index (χ3n) is 4.93. The van der Waals surface area contributed by atoms with Crippen molar-refractivity contribution >= 4 is 39.1 Å². The molecule has 0 unspecified atom stereocenters. The monoisotopic (exact) mass is 509 g/mol. The van der Waals surface area contributed by atoms with Crippen LogP contribution in [0, 0.1) is 0 Å². The number of hydrogen-bond donors (Lipinski definition) is 1.